The van der Waals surface area contributed by atoms with Gasteiger partial charge in [0, 0.05) is 23.2 Å². The molecular weight excluding hydrogens is 428 g/mol. The molecule has 0 radical (unpaired) electrons. The lowest BCUT2D eigenvalue weighted by Gasteiger charge is -2.16. The van der Waals surface area contributed by atoms with Gasteiger partial charge in [-0.1, -0.05) is 60.7 Å². The fourth-order valence-corrected chi connectivity index (χ4v) is 4.37. The van der Waals surface area contributed by atoms with E-state index >= 15 is 0 Å². The highest BCUT2D eigenvalue weighted by molar-refractivity contribution is 6.12. The van der Waals surface area contributed by atoms with Crippen molar-refractivity contribution in [1.29, 1.82) is 0 Å². The predicted molar refractivity (Wildman–Crippen MR) is 133 cm³/mol. The largest absolute Gasteiger partial charge is 0.491 e. The second-order valence-corrected chi connectivity index (χ2v) is 8.09. The van der Waals surface area contributed by atoms with Crippen LogP contribution in [0.4, 0.5) is 0 Å². The predicted octanol–water partition coefficient (Wildman–Crippen LogP) is 5.96. The number of nitrogens with zero attached hydrogens (tertiary/aromatic N) is 2. The summed E-state index contributed by atoms with van der Waals surface area (Å²) in [6.45, 7) is 1.89. The van der Waals surface area contributed by atoms with Gasteiger partial charge in [0.2, 0.25) is 0 Å². The minimum Gasteiger partial charge on any atom is -0.491 e. The van der Waals surface area contributed by atoms with Crippen molar-refractivity contribution in [2.45, 2.75) is 26.7 Å². The molecule has 0 aliphatic rings. The van der Waals surface area contributed by atoms with Crippen LogP contribution in [0.5, 0.6) is 11.5 Å². The van der Waals surface area contributed by atoms with Crippen LogP contribution in [-0.4, -0.2) is 23.4 Å². The van der Waals surface area contributed by atoms with Crippen molar-refractivity contribution >= 4 is 21.8 Å². The highest BCUT2D eigenvalue weighted by Gasteiger charge is 2.22. The van der Waals surface area contributed by atoms with Gasteiger partial charge in [-0.2, -0.15) is 0 Å². The van der Waals surface area contributed by atoms with Gasteiger partial charge in [-0.25, -0.2) is 0 Å². The fraction of sp³-hybridized carbons (Fsp3) is 0.214. The lowest BCUT2D eigenvalue weighted by atomic mass is 10.1. The highest BCUT2D eigenvalue weighted by Crippen LogP contribution is 2.44. The molecule has 2 aromatic heterocycles. The Morgan fingerprint density at radius 3 is 1.35 bits per heavy atom. The van der Waals surface area contributed by atoms with E-state index in [-0.39, 0.29) is 0 Å². The van der Waals surface area contributed by atoms with E-state index in [0.29, 0.717) is 38.2 Å². The van der Waals surface area contributed by atoms with Gasteiger partial charge in [-0.3, -0.25) is 0 Å². The zero-order valence-electron chi connectivity index (χ0n) is 19.4. The molecule has 0 unspecified atom stereocenters. The summed E-state index contributed by atoms with van der Waals surface area (Å²) in [5.74, 6) is 1.36. The van der Waals surface area contributed by atoms with Gasteiger partial charge in [-0.15, -0.1) is 0 Å². The van der Waals surface area contributed by atoms with Crippen molar-refractivity contribution in [3.8, 4) is 11.5 Å². The summed E-state index contributed by atoms with van der Waals surface area (Å²) in [4.78, 5) is 0. The molecular formula is C28H28N2O4. The third-order valence-corrected chi connectivity index (χ3v) is 5.95. The van der Waals surface area contributed by atoms with Crippen LogP contribution in [0.3, 0.4) is 0 Å². The van der Waals surface area contributed by atoms with E-state index in [1.165, 1.54) is 0 Å². The molecule has 0 saturated heterocycles. The molecule has 3 aromatic carbocycles. The number of ether oxygens (including phenoxy) is 4. The van der Waals surface area contributed by atoms with Crippen molar-refractivity contribution < 1.29 is 18.9 Å². The van der Waals surface area contributed by atoms with E-state index in [2.05, 4.69) is 45.5 Å². The number of fused-ring (bicyclic) bond motifs is 3. The maximum absolute atomic E-state index is 6.00. The standard InChI is InChI=1S/C28H28N2O4/c1-31-27-25-23(13-15-29(25)19-33-17-21-9-5-3-6-10-21)24-14-16-30(26(24)28(27)32-2)20-34-18-22-11-7-4-8-12-22/h3-16H,17-20H2,1-2H3. The smallest absolute Gasteiger partial charge is 0.187 e. The van der Waals surface area contributed by atoms with Crippen molar-refractivity contribution in [3.63, 3.8) is 0 Å². The van der Waals surface area contributed by atoms with Gasteiger partial charge in [0.15, 0.2) is 11.5 Å². The first-order valence-corrected chi connectivity index (χ1v) is 11.2. The van der Waals surface area contributed by atoms with Gasteiger partial charge in [-0.05, 0) is 23.3 Å². The number of rotatable bonds is 10. The molecule has 5 aromatic rings. The number of aromatic nitrogens is 2. The summed E-state index contributed by atoms with van der Waals surface area (Å²) < 4.78 is 27.8. The first kappa shape index (κ1) is 22.1. The Bertz CT molecular complexity index is 1270. The minimum absolute atomic E-state index is 0.407. The zero-order valence-corrected chi connectivity index (χ0v) is 19.4. The number of hydrogen-bond acceptors (Lipinski definition) is 4. The Balaban J connectivity index is 1.44. The molecule has 0 aliphatic heterocycles. The number of methoxy groups -OCH3 is 2. The summed E-state index contributed by atoms with van der Waals surface area (Å²) in [6.07, 6.45) is 4.06. The average Bonchev–Trinajstić information content (AvgIpc) is 3.49. The lowest BCUT2D eigenvalue weighted by Crippen LogP contribution is -2.05. The third-order valence-electron chi connectivity index (χ3n) is 5.95. The van der Waals surface area contributed by atoms with Crippen molar-refractivity contribution in [1.82, 2.24) is 9.13 Å². The van der Waals surface area contributed by atoms with Crippen LogP contribution in [0.25, 0.3) is 21.8 Å². The first-order valence-electron chi connectivity index (χ1n) is 11.2. The van der Waals surface area contributed by atoms with Crippen LogP contribution in [0.2, 0.25) is 0 Å². The molecule has 0 bridgehead atoms. The molecule has 0 amide bonds. The molecule has 2 heterocycles. The molecule has 174 valence electrons. The zero-order chi connectivity index (χ0) is 23.3. The molecule has 0 atom stereocenters. The summed E-state index contributed by atoms with van der Waals surface area (Å²) in [6, 6.07) is 24.5. The Hall–Kier alpha value is -3.74. The minimum atomic E-state index is 0.407. The Morgan fingerprint density at radius 1 is 0.559 bits per heavy atom. The maximum Gasteiger partial charge on any atom is 0.187 e. The number of benzene rings is 3. The number of hydrogen-bond donors (Lipinski definition) is 0. The second-order valence-electron chi connectivity index (χ2n) is 8.09. The van der Waals surface area contributed by atoms with Gasteiger partial charge in [0.05, 0.1) is 38.5 Å². The summed E-state index contributed by atoms with van der Waals surface area (Å²) in [7, 11) is 3.34. The lowest BCUT2D eigenvalue weighted by molar-refractivity contribution is 0.0662. The van der Waals surface area contributed by atoms with E-state index in [1.807, 2.05) is 48.8 Å². The third kappa shape index (κ3) is 4.25. The Labute approximate surface area is 198 Å². The summed E-state index contributed by atoms with van der Waals surface area (Å²) >= 11 is 0. The molecule has 0 spiro atoms. The molecule has 6 heteroatoms. The van der Waals surface area contributed by atoms with Gasteiger partial charge < -0.3 is 28.1 Å². The van der Waals surface area contributed by atoms with Crippen molar-refractivity contribution in [2.24, 2.45) is 0 Å². The molecule has 0 N–H and O–H groups in total. The fourth-order valence-electron chi connectivity index (χ4n) is 4.37. The van der Waals surface area contributed by atoms with Gasteiger partial charge >= 0.3 is 0 Å². The van der Waals surface area contributed by atoms with Crippen LogP contribution >= 0.6 is 0 Å². The maximum atomic E-state index is 6.00. The van der Waals surface area contributed by atoms with E-state index in [0.717, 1.165) is 32.9 Å². The van der Waals surface area contributed by atoms with E-state index in [9.17, 15) is 0 Å². The first-order chi connectivity index (χ1) is 16.8. The van der Waals surface area contributed by atoms with Crippen LogP contribution < -0.4 is 9.47 Å². The molecule has 6 nitrogen and oxygen atoms in total. The van der Waals surface area contributed by atoms with E-state index in [4.69, 9.17) is 18.9 Å². The molecule has 0 saturated carbocycles. The second kappa shape index (κ2) is 10.0. The van der Waals surface area contributed by atoms with Crippen LogP contribution in [0.1, 0.15) is 11.1 Å². The van der Waals surface area contributed by atoms with Gasteiger partial charge in [0.25, 0.3) is 0 Å². The highest BCUT2D eigenvalue weighted by atomic mass is 16.5. The van der Waals surface area contributed by atoms with Crippen molar-refractivity contribution in [2.75, 3.05) is 14.2 Å². The molecule has 0 fully saturated rings. The summed E-state index contributed by atoms with van der Waals surface area (Å²) in [5.41, 5.74) is 4.17. The Morgan fingerprint density at radius 2 is 0.971 bits per heavy atom. The topological polar surface area (TPSA) is 46.8 Å². The van der Waals surface area contributed by atoms with Crippen molar-refractivity contribution in [3.05, 3.63) is 96.3 Å². The normalized spacial score (nSPS) is 11.4. The van der Waals surface area contributed by atoms with E-state index in [1.54, 1.807) is 14.2 Å². The molecule has 5 rings (SSSR count). The molecule has 34 heavy (non-hydrogen) atoms. The van der Waals surface area contributed by atoms with E-state index < -0.39 is 0 Å². The SMILES string of the molecule is COc1c(OC)c2c(ccn2COCc2ccccc2)c2ccn(COCc3ccccc3)c12. The summed E-state index contributed by atoms with van der Waals surface area (Å²) in [5, 5.41) is 2.16. The quantitative estimate of drug-likeness (QED) is 0.260. The average molecular weight is 457 g/mol. The monoisotopic (exact) mass is 456 g/mol. The van der Waals surface area contributed by atoms with Gasteiger partial charge in [0.1, 0.15) is 13.5 Å². The van der Waals surface area contributed by atoms with Crippen LogP contribution in [0, 0.1) is 0 Å². The molecule has 0 aliphatic carbocycles. The van der Waals surface area contributed by atoms with Crippen LogP contribution in [-0.2, 0) is 36.1 Å². The van der Waals surface area contributed by atoms with Crippen LogP contribution in [0.15, 0.2) is 85.2 Å². The Kier molecular flexibility index (Phi) is 6.51.